The van der Waals surface area contributed by atoms with Gasteiger partial charge in [0.25, 0.3) is 0 Å². The third-order valence-electron chi connectivity index (χ3n) is 6.69. The molecule has 2 aliphatic rings. The van der Waals surface area contributed by atoms with Gasteiger partial charge in [-0.05, 0) is 5.41 Å². The van der Waals surface area contributed by atoms with E-state index < -0.39 is 0 Å². The van der Waals surface area contributed by atoms with E-state index in [1.54, 1.807) is 11.1 Å². The third kappa shape index (κ3) is 10.3. The smallest absolute Gasteiger partial charge is 0.0512 e. The predicted octanol–water partition coefficient (Wildman–Crippen LogP) is 3.23. The number of halogens is 2. The fourth-order valence-electron chi connectivity index (χ4n) is 4.79. The molecule has 5 rings (SSSR count). The molecule has 202 valence electrons. The van der Waals surface area contributed by atoms with Crippen LogP contribution in [0.1, 0.15) is 83.1 Å². The molecule has 3 aromatic carbocycles. The number of benzene rings is 2. The Morgan fingerprint density at radius 1 is 0.737 bits per heavy atom. The second-order valence-electron chi connectivity index (χ2n) is 11.8. The zero-order valence-corrected chi connectivity index (χ0v) is 27.8. The Labute approximate surface area is 259 Å². The van der Waals surface area contributed by atoms with Gasteiger partial charge in [-0.15, -0.1) is 6.42 Å². The molecule has 0 saturated carbocycles. The van der Waals surface area contributed by atoms with Crippen LogP contribution in [-0.2, 0) is 37.1 Å². The van der Waals surface area contributed by atoms with E-state index in [0.29, 0.717) is 0 Å². The van der Waals surface area contributed by atoms with Gasteiger partial charge in [-0.3, -0.25) is 6.08 Å². The van der Waals surface area contributed by atoms with Gasteiger partial charge in [-0.1, -0.05) is 72.6 Å². The van der Waals surface area contributed by atoms with Crippen molar-refractivity contribution in [1.29, 1.82) is 0 Å². The second-order valence-corrected chi connectivity index (χ2v) is 13.0. The minimum Gasteiger partial charge on any atom is -0.210 e. The van der Waals surface area contributed by atoms with E-state index in [9.17, 15) is 0 Å². The molecule has 0 aliphatic heterocycles. The number of fused-ring (bicyclic) bond motifs is 1. The van der Waals surface area contributed by atoms with Crippen molar-refractivity contribution in [3.8, 4) is 0 Å². The number of aryl methyl sites for hydroxylation is 2. The summed E-state index contributed by atoms with van der Waals surface area (Å²) in [5.74, 6) is 0. The van der Waals surface area contributed by atoms with Gasteiger partial charge >= 0.3 is 99.2 Å². The minimum atomic E-state index is 0. The zero-order valence-electron chi connectivity index (χ0n) is 23.9. The normalized spacial score (nSPS) is 14.1. The predicted molar refractivity (Wildman–Crippen MR) is 153 cm³/mol. The van der Waals surface area contributed by atoms with Crippen molar-refractivity contribution in [2.24, 2.45) is 10.8 Å². The molecule has 0 fully saturated rings. The molecular formula is C35H42Cl2Zr-2. The summed E-state index contributed by atoms with van der Waals surface area (Å²) in [5, 5.41) is 0. The summed E-state index contributed by atoms with van der Waals surface area (Å²) in [5.41, 5.74) is 9.28. The Kier molecular flexibility index (Phi) is 14.6. The summed E-state index contributed by atoms with van der Waals surface area (Å²) in [7, 11) is 0. The van der Waals surface area contributed by atoms with E-state index in [1.165, 1.54) is 75.4 Å². The zero-order chi connectivity index (χ0) is 26.2. The van der Waals surface area contributed by atoms with Crippen molar-refractivity contribution in [1.82, 2.24) is 0 Å². The van der Waals surface area contributed by atoms with E-state index in [-0.39, 0.29) is 35.6 Å². The summed E-state index contributed by atoms with van der Waals surface area (Å²) in [6, 6.07) is 27.8. The Bertz CT molecular complexity index is 1080. The summed E-state index contributed by atoms with van der Waals surface area (Å²) >= 11 is 1.46. The van der Waals surface area contributed by atoms with Gasteiger partial charge in [0, 0.05) is 0 Å². The summed E-state index contributed by atoms with van der Waals surface area (Å²) in [4.78, 5) is 0. The fraction of sp³-hybridized carbons (Fsp3) is 0.371. The molecule has 0 atom stereocenters. The monoisotopic (exact) mass is 622 g/mol. The number of hydrogen-bond donors (Lipinski definition) is 0. The fourth-order valence-corrected chi connectivity index (χ4v) is 5.61. The van der Waals surface area contributed by atoms with Gasteiger partial charge in [-0.25, -0.2) is 11.6 Å². The molecule has 38 heavy (non-hydrogen) atoms. The first-order valence-electron chi connectivity index (χ1n) is 13.3. The molecule has 0 heterocycles. The van der Waals surface area contributed by atoms with Crippen LogP contribution >= 0.6 is 0 Å². The van der Waals surface area contributed by atoms with Crippen molar-refractivity contribution in [3.63, 3.8) is 0 Å². The average Bonchev–Trinajstić information content (AvgIpc) is 3.55. The van der Waals surface area contributed by atoms with E-state index in [2.05, 4.69) is 133 Å². The number of rotatable bonds is 2. The summed E-state index contributed by atoms with van der Waals surface area (Å²) in [6.45, 7) is 13.6. The van der Waals surface area contributed by atoms with Crippen molar-refractivity contribution < 1.29 is 49.0 Å². The van der Waals surface area contributed by atoms with Crippen molar-refractivity contribution >= 4 is 3.21 Å². The van der Waals surface area contributed by atoms with Gasteiger partial charge in [-0.2, -0.15) is 34.9 Å². The molecule has 0 nitrogen and oxygen atoms in total. The van der Waals surface area contributed by atoms with Gasteiger partial charge in [0.2, 0.25) is 0 Å². The van der Waals surface area contributed by atoms with E-state index in [0.717, 1.165) is 6.42 Å². The molecule has 0 spiro atoms. The molecule has 0 radical (unpaired) electrons. The molecule has 0 saturated heterocycles. The number of hydrogen-bond acceptors (Lipinski definition) is 0. The average molecular weight is 625 g/mol. The molecule has 0 amide bonds. The maximum Gasteiger partial charge on any atom is -0.0512 e. The van der Waals surface area contributed by atoms with Gasteiger partial charge in [0.15, 0.2) is 0 Å². The van der Waals surface area contributed by atoms with Crippen LogP contribution in [0.2, 0.25) is 0 Å². The Morgan fingerprint density at radius 2 is 1.26 bits per heavy atom. The van der Waals surface area contributed by atoms with Crippen LogP contribution in [0.3, 0.4) is 0 Å². The Balaban J connectivity index is 0.000000283. The van der Waals surface area contributed by atoms with Crippen LogP contribution in [0.25, 0.3) is 0 Å². The molecule has 0 bridgehead atoms. The van der Waals surface area contributed by atoms with Crippen LogP contribution in [0.4, 0.5) is 0 Å². The van der Waals surface area contributed by atoms with Crippen LogP contribution < -0.4 is 24.8 Å². The van der Waals surface area contributed by atoms with Crippen molar-refractivity contribution in [2.45, 2.75) is 73.6 Å². The molecule has 0 aromatic heterocycles. The first-order chi connectivity index (χ1) is 17.1. The summed E-state index contributed by atoms with van der Waals surface area (Å²) in [6.07, 6.45) is 12.2. The van der Waals surface area contributed by atoms with Crippen LogP contribution in [-0.4, -0.2) is 3.21 Å². The topological polar surface area (TPSA) is 0 Å². The van der Waals surface area contributed by atoms with Crippen LogP contribution in [0, 0.1) is 16.9 Å². The van der Waals surface area contributed by atoms with Crippen molar-refractivity contribution in [2.75, 3.05) is 0 Å². The Hall–Kier alpha value is -1.40. The molecule has 0 N–H and O–H groups in total. The Morgan fingerprint density at radius 3 is 1.71 bits per heavy atom. The van der Waals surface area contributed by atoms with Gasteiger partial charge in [0.05, 0.1) is 0 Å². The first-order valence-corrected chi connectivity index (χ1v) is 14.6. The summed E-state index contributed by atoms with van der Waals surface area (Å²) < 4.78 is 1.42. The van der Waals surface area contributed by atoms with E-state index in [1.807, 2.05) is 0 Å². The standard InChI is InChI=1S/C13H10.C13H21.C9H11.2ClH.Zr/c1-3-7-12(8-4-1)11-13-9-5-2-6-10-13;1-12(2,3)10-8-7-9-11(10)13(4,5)6;1-2-5-9-7-3-6-8(9)4-1;;;/h1-10H;8H,7H2,1-6H3;3,6-7H,1-2,4-5H2;2*1H;/q;2*-1;;;+2/p-2. The molecule has 3 heteroatoms. The first kappa shape index (κ1) is 34.6. The van der Waals surface area contributed by atoms with Gasteiger partial charge < -0.3 is 24.8 Å². The molecule has 2 aliphatic carbocycles. The molecular weight excluding hydrogens is 583 g/mol. The maximum absolute atomic E-state index is 3.48. The second kappa shape index (κ2) is 16.0. The molecule has 0 unspecified atom stereocenters. The quantitative estimate of drug-likeness (QED) is 0.385. The SMILES string of the molecule is CC(C)(C)C1=[C-]CC=C1C(C)(C)C.[Cl-].[Cl-].[Zr+2]=[C](c1ccccc1)c1ccccc1.c1cc2c([cH-]1)CCCC2. The number of allylic oxidation sites excluding steroid dienone is 4. The van der Waals surface area contributed by atoms with Gasteiger partial charge in [0.1, 0.15) is 0 Å². The van der Waals surface area contributed by atoms with E-state index in [4.69, 9.17) is 0 Å². The largest absolute Gasteiger partial charge is 0.210 e. The van der Waals surface area contributed by atoms with Crippen LogP contribution in [0.15, 0.2) is 96.1 Å². The maximum atomic E-state index is 3.48. The minimum absolute atomic E-state index is 0. The van der Waals surface area contributed by atoms with Crippen LogP contribution in [0.5, 0.6) is 0 Å². The third-order valence-corrected chi connectivity index (χ3v) is 8.11. The van der Waals surface area contributed by atoms with Crippen molar-refractivity contribution in [3.05, 3.63) is 124 Å². The van der Waals surface area contributed by atoms with E-state index >= 15 is 0 Å². The molecule has 3 aromatic rings.